The second-order valence-corrected chi connectivity index (χ2v) is 3.88. The summed E-state index contributed by atoms with van der Waals surface area (Å²) >= 11 is 0. The zero-order chi connectivity index (χ0) is 11.4. The molecule has 0 saturated heterocycles. The highest BCUT2D eigenvalue weighted by Gasteiger charge is 2.01. The van der Waals surface area contributed by atoms with Crippen LogP contribution in [0.5, 0.6) is 0 Å². The molecule has 0 radical (unpaired) electrons. The average molecular weight is 216 g/mol. The van der Waals surface area contributed by atoms with Crippen LogP contribution in [0.15, 0.2) is 30.5 Å². The van der Waals surface area contributed by atoms with Gasteiger partial charge in [0, 0.05) is 0 Å². The van der Waals surface area contributed by atoms with Crippen LogP contribution in [0, 0.1) is 6.92 Å². The Kier molecular flexibility index (Phi) is 3.31. The highest BCUT2D eigenvalue weighted by molar-refractivity contribution is 5.33. The van der Waals surface area contributed by atoms with E-state index in [0.29, 0.717) is 6.54 Å². The van der Waals surface area contributed by atoms with Crippen molar-refractivity contribution >= 4 is 0 Å². The van der Waals surface area contributed by atoms with Crippen molar-refractivity contribution in [3.63, 3.8) is 0 Å². The molecule has 0 fully saturated rings. The Hall–Kier alpha value is -1.68. The lowest BCUT2D eigenvalue weighted by Gasteiger charge is -1.99. The molecule has 0 aliphatic rings. The van der Waals surface area contributed by atoms with Crippen molar-refractivity contribution in [1.29, 1.82) is 0 Å². The summed E-state index contributed by atoms with van der Waals surface area (Å²) in [5.41, 5.74) is 8.73. The molecule has 2 N–H and O–H groups in total. The van der Waals surface area contributed by atoms with Crippen LogP contribution in [0.2, 0.25) is 0 Å². The van der Waals surface area contributed by atoms with Crippen molar-refractivity contribution in [3.05, 3.63) is 41.7 Å². The molecule has 0 aliphatic carbocycles. The molecule has 0 unspecified atom stereocenters. The topological polar surface area (TPSA) is 56.7 Å². The number of aryl methyl sites for hydroxylation is 2. The SMILES string of the molecule is Cc1ccc(-n2cc(CCCN)nn2)cc1. The van der Waals surface area contributed by atoms with Crippen LogP contribution in [0.25, 0.3) is 5.69 Å². The molecule has 1 aromatic carbocycles. The summed E-state index contributed by atoms with van der Waals surface area (Å²) in [6.07, 6.45) is 3.80. The molecule has 1 heterocycles. The van der Waals surface area contributed by atoms with Crippen molar-refractivity contribution in [2.75, 3.05) is 6.54 Å². The molecule has 2 rings (SSSR count). The number of benzene rings is 1. The number of hydrogen-bond acceptors (Lipinski definition) is 3. The maximum Gasteiger partial charge on any atom is 0.0832 e. The van der Waals surface area contributed by atoms with Crippen LogP contribution in [0.1, 0.15) is 17.7 Å². The smallest absolute Gasteiger partial charge is 0.0832 e. The van der Waals surface area contributed by atoms with E-state index in [-0.39, 0.29) is 0 Å². The summed E-state index contributed by atoms with van der Waals surface area (Å²) in [5, 5.41) is 8.20. The highest BCUT2D eigenvalue weighted by atomic mass is 15.4. The number of nitrogens with two attached hydrogens (primary N) is 1. The van der Waals surface area contributed by atoms with Gasteiger partial charge in [0.1, 0.15) is 0 Å². The van der Waals surface area contributed by atoms with Gasteiger partial charge in [0.25, 0.3) is 0 Å². The van der Waals surface area contributed by atoms with E-state index in [0.717, 1.165) is 24.2 Å². The van der Waals surface area contributed by atoms with E-state index >= 15 is 0 Å². The van der Waals surface area contributed by atoms with Gasteiger partial charge in [0.05, 0.1) is 17.6 Å². The fraction of sp³-hybridized carbons (Fsp3) is 0.333. The Morgan fingerprint density at radius 3 is 2.69 bits per heavy atom. The van der Waals surface area contributed by atoms with E-state index in [4.69, 9.17) is 5.73 Å². The van der Waals surface area contributed by atoms with Crippen LogP contribution in [0.3, 0.4) is 0 Å². The van der Waals surface area contributed by atoms with E-state index in [1.165, 1.54) is 5.56 Å². The minimum absolute atomic E-state index is 0.692. The van der Waals surface area contributed by atoms with Gasteiger partial charge in [-0.25, -0.2) is 4.68 Å². The van der Waals surface area contributed by atoms with Crippen molar-refractivity contribution < 1.29 is 0 Å². The number of aromatic nitrogens is 3. The Morgan fingerprint density at radius 1 is 1.25 bits per heavy atom. The van der Waals surface area contributed by atoms with E-state index in [1.807, 2.05) is 18.3 Å². The van der Waals surface area contributed by atoms with Crippen molar-refractivity contribution in [2.24, 2.45) is 5.73 Å². The van der Waals surface area contributed by atoms with Gasteiger partial charge in [-0.3, -0.25) is 0 Å². The van der Waals surface area contributed by atoms with Gasteiger partial charge >= 0.3 is 0 Å². The standard InChI is InChI=1S/C12H16N4/c1-10-4-6-12(7-5-10)16-9-11(14-15-16)3-2-8-13/h4-7,9H,2-3,8,13H2,1H3. The zero-order valence-corrected chi connectivity index (χ0v) is 9.43. The molecule has 0 amide bonds. The lowest BCUT2D eigenvalue weighted by atomic mass is 10.2. The molecule has 0 aliphatic heterocycles. The molecule has 0 saturated carbocycles. The fourth-order valence-electron chi connectivity index (χ4n) is 1.52. The molecule has 2 aromatic rings. The predicted octanol–water partition coefficient (Wildman–Crippen LogP) is 1.47. The van der Waals surface area contributed by atoms with Gasteiger partial charge in [-0.1, -0.05) is 22.9 Å². The summed E-state index contributed by atoms with van der Waals surface area (Å²) in [6.45, 7) is 2.76. The van der Waals surface area contributed by atoms with Crippen LogP contribution >= 0.6 is 0 Å². The Labute approximate surface area is 95.1 Å². The Bertz CT molecular complexity index is 444. The molecule has 0 bridgehead atoms. The Morgan fingerprint density at radius 2 is 2.00 bits per heavy atom. The zero-order valence-electron chi connectivity index (χ0n) is 9.43. The number of nitrogens with zero attached hydrogens (tertiary/aromatic N) is 3. The molecular weight excluding hydrogens is 200 g/mol. The number of hydrogen-bond donors (Lipinski definition) is 1. The van der Waals surface area contributed by atoms with Gasteiger partial charge in [-0.05, 0) is 38.4 Å². The average Bonchev–Trinajstić information content (AvgIpc) is 2.76. The summed E-state index contributed by atoms with van der Waals surface area (Å²) in [7, 11) is 0. The van der Waals surface area contributed by atoms with Gasteiger partial charge in [-0.2, -0.15) is 0 Å². The number of rotatable bonds is 4. The normalized spacial score (nSPS) is 10.6. The van der Waals surface area contributed by atoms with Crippen LogP contribution in [0.4, 0.5) is 0 Å². The molecule has 4 heteroatoms. The van der Waals surface area contributed by atoms with Gasteiger partial charge < -0.3 is 5.73 Å². The minimum Gasteiger partial charge on any atom is -0.330 e. The first-order valence-corrected chi connectivity index (χ1v) is 5.48. The van der Waals surface area contributed by atoms with Crippen molar-refractivity contribution in [1.82, 2.24) is 15.0 Å². The first kappa shape index (κ1) is 10.8. The summed E-state index contributed by atoms with van der Waals surface area (Å²) < 4.78 is 1.80. The molecule has 16 heavy (non-hydrogen) atoms. The van der Waals surface area contributed by atoms with Gasteiger partial charge in [0.15, 0.2) is 0 Å². The predicted molar refractivity (Wildman–Crippen MR) is 63.5 cm³/mol. The third-order valence-electron chi connectivity index (χ3n) is 2.48. The summed E-state index contributed by atoms with van der Waals surface area (Å²) in [5.74, 6) is 0. The third-order valence-corrected chi connectivity index (χ3v) is 2.48. The van der Waals surface area contributed by atoms with Crippen LogP contribution in [-0.2, 0) is 6.42 Å². The highest BCUT2D eigenvalue weighted by Crippen LogP contribution is 2.08. The first-order chi connectivity index (χ1) is 7.79. The third kappa shape index (κ3) is 2.46. The minimum atomic E-state index is 0.692. The molecule has 1 aromatic heterocycles. The molecule has 0 spiro atoms. The van der Waals surface area contributed by atoms with Crippen LogP contribution < -0.4 is 5.73 Å². The lowest BCUT2D eigenvalue weighted by molar-refractivity contribution is 0.779. The molecule has 84 valence electrons. The van der Waals surface area contributed by atoms with Gasteiger partial charge in [-0.15, -0.1) is 5.10 Å². The monoisotopic (exact) mass is 216 g/mol. The lowest BCUT2D eigenvalue weighted by Crippen LogP contribution is -2.00. The molecule has 4 nitrogen and oxygen atoms in total. The van der Waals surface area contributed by atoms with E-state index in [1.54, 1.807) is 4.68 Å². The maximum atomic E-state index is 5.46. The quantitative estimate of drug-likeness (QED) is 0.842. The molecule has 0 atom stereocenters. The largest absolute Gasteiger partial charge is 0.330 e. The summed E-state index contributed by atoms with van der Waals surface area (Å²) in [6, 6.07) is 8.21. The second kappa shape index (κ2) is 4.90. The van der Waals surface area contributed by atoms with E-state index < -0.39 is 0 Å². The first-order valence-electron chi connectivity index (χ1n) is 5.48. The van der Waals surface area contributed by atoms with Gasteiger partial charge in [0.2, 0.25) is 0 Å². The van der Waals surface area contributed by atoms with E-state index in [2.05, 4.69) is 29.4 Å². The maximum absolute atomic E-state index is 5.46. The van der Waals surface area contributed by atoms with E-state index in [9.17, 15) is 0 Å². The second-order valence-electron chi connectivity index (χ2n) is 3.88. The Balaban J connectivity index is 2.15. The van der Waals surface area contributed by atoms with Crippen LogP contribution in [-0.4, -0.2) is 21.5 Å². The van der Waals surface area contributed by atoms with Crippen molar-refractivity contribution in [2.45, 2.75) is 19.8 Å². The van der Waals surface area contributed by atoms with Crippen molar-refractivity contribution in [3.8, 4) is 5.69 Å². The molecular formula is C12H16N4. The summed E-state index contributed by atoms with van der Waals surface area (Å²) in [4.78, 5) is 0. The fourth-order valence-corrected chi connectivity index (χ4v) is 1.52.